The van der Waals surface area contributed by atoms with Gasteiger partial charge in [-0.1, -0.05) is 0 Å². The van der Waals surface area contributed by atoms with E-state index in [1.807, 2.05) is 0 Å². The Morgan fingerprint density at radius 1 is 1.44 bits per heavy atom. The summed E-state index contributed by atoms with van der Waals surface area (Å²) < 4.78 is 4.90. The number of fused-ring (bicyclic) bond motifs is 2. The molecule has 1 N–H and O–H groups in total. The van der Waals surface area contributed by atoms with Gasteiger partial charge < -0.3 is 14.8 Å². The molecule has 2 rings (SSSR count). The van der Waals surface area contributed by atoms with Crippen LogP contribution in [0.25, 0.3) is 0 Å². The molecule has 0 heterocycles. The second-order valence-corrected chi connectivity index (χ2v) is 4.79. The Balaban J connectivity index is 1.95. The zero-order valence-electron chi connectivity index (χ0n) is 9.65. The Labute approximate surface area is 95.7 Å². The maximum atomic E-state index is 11.4. The molecule has 2 fully saturated rings. The minimum atomic E-state index is -0.337. The van der Waals surface area contributed by atoms with E-state index in [2.05, 4.69) is 5.32 Å². The largest absolute Gasteiger partial charge is 0.450 e. The van der Waals surface area contributed by atoms with Crippen LogP contribution >= 0.6 is 0 Å². The fourth-order valence-electron chi connectivity index (χ4n) is 3.39. The maximum absolute atomic E-state index is 11.4. The highest BCUT2D eigenvalue weighted by molar-refractivity contribution is 5.68. The van der Waals surface area contributed by atoms with Crippen molar-refractivity contribution in [2.24, 2.45) is 17.8 Å². The molecule has 2 bridgehead atoms. The average molecular weight is 225 g/mol. The molecule has 2 aliphatic carbocycles. The predicted molar refractivity (Wildman–Crippen MR) is 58.9 cm³/mol. The third kappa shape index (κ3) is 2.06. The van der Waals surface area contributed by atoms with Crippen molar-refractivity contribution in [3.63, 3.8) is 0 Å². The fraction of sp³-hybridized carbons (Fsp3) is 0.833. The van der Waals surface area contributed by atoms with Crippen LogP contribution in [0.2, 0.25) is 0 Å². The van der Waals surface area contributed by atoms with Crippen LogP contribution < -0.4 is 5.32 Å². The summed E-state index contributed by atoms with van der Waals surface area (Å²) in [6.45, 7) is 2.19. The van der Waals surface area contributed by atoms with E-state index in [0.717, 1.165) is 12.7 Å². The van der Waals surface area contributed by atoms with Gasteiger partial charge in [-0.3, -0.25) is 0 Å². The second kappa shape index (κ2) is 4.85. The Bertz CT molecular complexity index is 279. The fourth-order valence-corrected chi connectivity index (χ4v) is 3.39. The molecular formula is C12H19NO3. The molecule has 2 aliphatic rings. The van der Waals surface area contributed by atoms with Gasteiger partial charge in [-0.15, -0.1) is 0 Å². The maximum Gasteiger partial charge on any atom is 0.407 e. The molecule has 0 aromatic carbocycles. The summed E-state index contributed by atoms with van der Waals surface area (Å²) in [7, 11) is 0. The Hall–Kier alpha value is -1.06. The summed E-state index contributed by atoms with van der Waals surface area (Å²) in [6.07, 6.45) is 4.76. The summed E-state index contributed by atoms with van der Waals surface area (Å²) in [5.74, 6) is 1.52. The van der Waals surface area contributed by atoms with E-state index in [1.165, 1.54) is 12.8 Å². The number of aldehydes is 1. The van der Waals surface area contributed by atoms with Crippen molar-refractivity contribution in [3.05, 3.63) is 0 Å². The molecule has 4 nitrogen and oxygen atoms in total. The zero-order chi connectivity index (χ0) is 11.5. The Morgan fingerprint density at radius 2 is 2.19 bits per heavy atom. The van der Waals surface area contributed by atoms with Crippen molar-refractivity contribution in [2.45, 2.75) is 38.6 Å². The smallest absolute Gasteiger partial charge is 0.407 e. The minimum Gasteiger partial charge on any atom is -0.450 e. The SMILES string of the molecule is CCOC(=O)N[C@H]1[C@H]2CC[C@H](C2)[C@@H]1CC=O. The van der Waals surface area contributed by atoms with Crippen molar-refractivity contribution in [3.8, 4) is 0 Å². The first-order valence-corrected chi connectivity index (χ1v) is 6.13. The quantitative estimate of drug-likeness (QED) is 0.741. The van der Waals surface area contributed by atoms with Crippen LogP contribution in [0.4, 0.5) is 4.79 Å². The summed E-state index contributed by atoms with van der Waals surface area (Å²) in [4.78, 5) is 22.1. The van der Waals surface area contributed by atoms with E-state index in [9.17, 15) is 9.59 Å². The van der Waals surface area contributed by atoms with Gasteiger partial charge in [-0.2, -0.15) is 0 Å². The summed E-state index contributed by atoms with van der Waals surface area (Å²) in [5, 5.41) is 2.93. The predicted octanol–water partition coefficient (Wildman–Crippen LogP) is 1.74. The number of alkyl carbamates (subject to hydrolysis) is 1. The number of hydrogen-bond acceptors (Lipinski definition) is 3. The topological polar surface area (TPSA) is 55.4 Å². The van der Waals surface area contributed by atoms with Gasteiger partial charge in [-0.25, -0.2) is 4.79 Å². The molecule has 2 saturated carbocycles. The summed E-state index contributed by atoms with van der Waals surface area (Å²) >= 11 is 0. The molecule has 4 heteroatoms. The van der Waals surface area contributed by atoms with E-state index >= 15 is 0 Å². The lowest BCUT2D eigenvalue weighted by atomic mass is 9.83. The van der Waals surface area contributed by atoms with Crippen molar-refractivity contribution in [1.29, 1.82) is 0 Å². The second-order valence-electron chi connectivity index (χ2n) is 4.79. The van der Waals surface area contributed by atoms with Crippen LogP contribution in [0.15, 0.2) is 0 Å². The molecule has 0 unspecified atom stereocenters. The lowest BCUT2D eigenvalue weighted by Gasteiger charge is -2.30. The number of rotatable bonds is 4. The number of nitrogens with one attached hydrogen (secondary N) is 1. The number of carbonyl (C=O) groups is 2. The van der Waals surface area contributed by atoms with Gasteiger partial charge in [0.1, 0.15) is 6.29 Å². The minimum absolute atomic E-state index is 0.156. The monoisotopic (exact) mass is 225 g/mol. The molecule has 0 aromatic heterocycles. The Morgan fingerprint density at radius 3 is 2.88 bits per heavy atom. The standard InChI is InChI=1S/C12H19NO3/c1-2-16-12(15)13-11-9-4-3-8(7-9)10(11)5-6-14/h6,8-11H,2-5,7H2,1H3,(H,13,15)/t8-,9+,10+,11+/m1/s1. The van der Waals surface area contributed by atoms with E-state index < -0.39 is 0 Å². The van der Waals surface area contributed by atoms with Crippen molar-refractivity contribution < 1.29 is 14.3 Å². The normalized spacial score (nSPS) is 36.1. The van der Waals surface area contributed by atoms with E-state index in [0.29, 0.717) is 30.8 Å². The third-order valence-corrected chi connectivity index (χ3v) is 4.02. The third-order valence-electron chi connectivity index (χ3n) is 4.02. The molecular weight excluding hydrogens is 206 g/mol. The highest BCUT2D eigenvalue weighted by Gasteiger charge is 2.47. The van der Waals surface area contributed by atoms with Gasteiger partial charge in [0.05, 0.1) is 6.61 Å². The van der Waals surface area contributed by atoms with Crippen LogP contribution in [0, 0.1) is 17.8 Å². The first-order chi connectivity index (χ1) is 7.76. The van der Waals surface area contributed by atoms with Gasteiger partial charge in [0.15, 0.2) is 0 Å². The summed E-state index contributed by atoms with van der Waals surface area (Å²) in [6, 6.07) is 0.156. The molecule has 0 radical (unpaired) electrons. The van der Waals surface area contributed by atoms with Crippen molar-refractivity contribution in [1.82, 2.24) is 5.32 Å². The van der Waals surface area contributed by atoms with Crippen LogP contribution in [0.3, 0.4) is 0 Å². The molecule has 0 aromatic rings. The average Bonchev–Trinajstić information content (AvgIpc) is 2.82. The van der Waals surface area contributed by atoms with Gasteiger partial charge in [-0.05, 0) is 43.9 Å². The number of ether oxygens (including phenoxy) is 1. The van der Waals surface area contributed by atoms with E-state index in [1.54, 1.807) is 6.92 Å². The first-order valence-electron chi connectivity index (χ1n) is 6.13. The van der Waals surface area contributed by atoms with Crippen LogP contribution in [0.1, 0.15) is 32.6 Å². The summed E-state index contributed by atoms with van der Waals surface area (Å²) in [5.41, 5.74) is 0. The Kier molecular flexibility index (Phi) is 3.46. The van der Waals surface area contributed by atoms with Gasteiger partial charge in [0.2, 0.25) is 0 Å². The van der Waals surface area contributed by atoms with Crippen LogP contribution in [-0.2, 0) is 9.53 Å². The molecule has 16 heavy (non-hydrogen) atoms. The van der Waals surface area contributed by atoms with Crippen molar-refractivity contribution >= 4 is 12.4 Å². The number of hydrogen-bond donors (Lipinski definition) is 1. The lowest BCUT2D eigenvalue weighted by Crippen LogP contribution is -2.44. The van der Waals surface area contributed by atoms with Gasteiger partial charge >= 0.3 is 6.09 Å². The molecule has 90 valence electrons. The number of carbonyl (C=O) groups excluding carboxylic acids is 2. The first kappa shape index (κ1) is 11.4. The van der Waals surface area contributed by atoms with E-state index in [4.69, 9.17) is 4.74 Å². The van der Waals surface area contributed by atoms with Crippen molar-refractivity contribution in [2.75, 3.05) is 6.61 Å². The van der Waals surface area contributed by atoms with Crippen LogP contribution in [-0.4, -0.2) is 25.0 Å². The van der Waals surface area contributed by atoms with E-state index in [-0.39, 0.29) is 12.1 Å². The highest BCUT2D eigenvalue weighted by atomic mass is 16.5. The highest BCUT2D eigenvalue weighted by Crippen LogP contribution is 2.49. The zero-order valence-corrected chi connectivity index (χ0v) is 9.65. The van der Waals surface area contributed by atoms with Crippen LogP contribution in [0.5, 0.6) is 0 Å². The van der Waals surface area contributed by atoms with Gasteiger partial charge in [0, 0.05) is 12.5 Å². The molecule has 0 spiro atoms. The molecule has 0 saturated heterocycles. The number of amides is 1. The lowest BCUT2D eigenvalue weighted by molar-refractivity contribution is -0.109. The molecule has 4 atom stereocenters. The molecule has 1 amide bonds. The molecule has 0 aliphatic heterocycles. The van der Waals surface area contributed by atoms with Gasteiger partial charge in [0.25, 0.3) is 0 Å².